The average molecular weight is 489 g/mol. The summed E-state index contributed by atoms with van der Waals surface area (Å²) < 4.78 is 43.6. The standard InChI is InChI=1S/C25H26F3N3O4/c1-16(32)29-14-22-15-31(24(34)35-22)21-7-4-18-8-10-30(11-9-19(18)13-21)23(33)12-17-2-5-20(6-3-17)25(26,27)28/h2-7,13,22H,8-12,14-15H2,1H3,(H,29,32). The first-order valence-electron chi connectivity index (χ1n) is 11.4. The zero-order valence-corrected chi connectivity index (χ0v) is 19.2. The van der Waals surface area contributed by atoms with Gasteiger partial charge < -0.3 is 15.0 Å². The van der Waals surface area contributed by atoms with Gasteiger partial charge in [-0.15, -0.1) is 0 Å². The Hall–Kier alpha value is -3.56. The molecule has 2 aliphatic heterocycles. The molecule has 0 aliphatic carbocycles. The van der Waals surface area contributed by atoms with Gasteiger partial charge in [0.25, 0.3) is 0 Å². The molecule has 186 valence electrons. The number of halogens is 3. The van der Waals surface area contributed by atoms with Gasteiger partial charge >= 0.3 is 12.3 Å². The van der Waals surface area contributed by atoms with E-state index >= 15 is 0 Å². The van der Waals surface area contributed by atoms with Gasteiger partial charge in [-0.1, -0.05) is 18.2 Å². The van der Waals surface area contributed by atoms with Gasteiger partial charge in [0.1, 0.15) is 6.10 Å². The Bertz CT molecular complexity index is 1120. The van der Waals surface area contributed by atoms with Gasteiger partial charge in [0.2, 0.25) is 11.8 Å². The van der Waals surface area contributed by atoms with Crippen LogP contribution in [0.3, 0.4) is 0 Å². The Morgan fingerprint density at radius 2 is 1.74 bits per heavy atom. The first-order valence-corrected chi connectivity index (χ1v) is 11.4. The van der Waals surface area contributed by atoms with Crippen molar-refractivity contribution in [3.05, 3.63) is 64.7 Å². The number of cyclic esters (lactones) is 1. The van der Waals surface area contributed by atoms with E-state index in [4.69, 9.17) is 4.74 Å². The minimum Gasteiger partial charge on any atom is -0.442 e. The molecule has 2 aliphatic rings. The molecule has 2 aromatic carbocycles. The zero-order chi connectivity index (χ0) is 25.2. The number of benzene rings is 2. The predicted octanol–water partition coefficient (Wildman–Crippen LogP) is 3.34. The largest absolute Gasteiger partial charge is 0.442 e. The highest BCUT2D eigenvalue weighted by atomic mass is 19.4. The number of nitrogens with zero attached hydrogens (tertiary/aromatic N) is 2. The van der Waals surface area contributed by atoms with Gasteiger partial charge in [-0.05, 0) is 53.8 Å². The minimum atomic E-state index is -4.41. The maximum Gasteiger partial charge on any atom is 0.416 e. The summed E-state index contributed by atoms with van der Waals surface area (Å²) in [5, 5.41) is 2.65. The van der Waals surface area contributed by atoms with Gasteiger partial charge in [-0.25, -0.2) is 4.79 Å². The summed E-state index contributed by atoms with van der Waals surface area (Å²) in [5.74, 6) is -0.330. The lowest BCUT2D eigenvalue weighted by Gasteiger charge is -2.20. The topological polar surface area (TPSA) is 79.0 Å². The van der Waals surface area contributed by atoms with E-state index in [0.29, 0.717) is 43.7 Å². The molecule has 0 saturated carbocycles. The number of amides is 3. The lowest BCUT2D eigenvalue weighted by molar-refractivity contribution is -0.137. The molecule has 2 aromatic rings. The molecule has 0 aromatic heterocycles. The second-order valence-electron chi connectivity index (χ2n) is 8.76. The third-order valence-electron chi connectivity index (χ3n) is 6.25. The summed E-state index contributed by atoms with van der Waals surface area (Å²) in [4.78, 5) is 39.5. The molecule has 0 spiro atoms. The molecule has 1 saturated heterocycles. The molecular weight excluding hydrogens is 463 g/mol. The van der Waals surface area contributed by atoms with Crippen LogP contribution in [0.25, 0.3) is 0 Å². The summed E-state index contributed by atoms with van der Waals surface area (Å²) in [6, 6.07) is 10.4. The number of rotatable bonds is 5. The third kappa shape index (κ3) is 5.93. The number of carbonyl (C=O) groups is 3. The molecule has 0 radical (unpaired) electrons. The van der Waals surface area contributed by atoms with Gasteiger partial charge in [0.05, 0.1) is 25.1 Å². The number of ether oxygens (including phenoxy) is 1. The normalized spacial score (nSPS) is 18.1. The molecule has 35 heavy (non-hydrogen) atoms. The Labute approximate surface area is 200 Å². The highest BCUT2D eigenvalue weighted by molar-refractivity contribution is 5.90. The van der Waals surface area contributed by atoms with Crippen molar-refractivity contribution in [3.8, 4) is 0 Å². The molecule has 1 atom stereocenters. The van der Waals surface area contributed by atoms with Crippen molar-refractivity contribution < 1.29 is 32.3 Å². The van der Waals surface area contributed by atoms with Crippen LogP contribution in [0, 0.1) is 0 Å². The lowest BCUT2D eigenvalue weighted by Crippen LogP contribution is -2.34. The Morgan fingerprint density at radius 1 is 1.06 bits per heavy atom. The van der Waals surface area contributed by atoms with Crippen LogP contribution in [0.4, 0.5) is 23.7 Å². The highest BCUT2D eigenvalue weighted by Gasteiger charge is 2.33. The number of anilines is 1. The van der Waals surface area contributed by atoms with E-state index in [1.165, 1.54) is 24.0 Å². The second-order valence-corrected chi connectivity index (χ2v) is 8.76. The van der Waals surface area contributed by atoms with Crippen molar-refractivity contribution in [2.24, 2.45) is 0 Å². The third-order valence-corrected chi connectivity index (χ3v) is 6.25. The maximum absolute atomic E-state index is 12.8. The van der Waals surface area contributed by atoms with Gasteiger partial charge in [-0.3, -0.25) is 14.5 Å². The van der Waals surface area contributed by atoms with E-state index in [9.17, 15) is 27.6 Å². The summed E-state index contributed by atoms with van der Waals surface area (Å²) >= 11 is 0. The van der Waals surface area contributed by atoms with E-state index in [-0.39, 0.29) is 24.8 Å². The summed E-state index contributed by atoms with van der Waals surface area (Å²) in [7, 11) is 0. The fourth-order valence-electron chi connectivity index (χ4n) is 4.32. The number of fused-ring (bicyclic) bond motifs is 1. The van der Waals surface area contributed by atoms with Crippen LogP contribution >= 0.6 is 0 Å². The van der Waals surface area contributed by atoms with E-state index in [1.54, 1.807) is 4.90 Å². The van der Waals surface area contributed by atoms with Crippen molar-refractivity contribution in [1.29, 1.82) is 0 Å². The van der Waals surface area contributed by atoms with E-state index in [0.717, 1.165) is 23.3 Å². The minimum absolute atomic E-state index is 0.0367. The zero-order valence-electron chi connectivity index (χ0n) is 19.2. The number of hydrogen-bond acceptors (Lipinski definition) is 4. The number of alkyl halides is 3. The Balaban J connectivity index is 1.37. The molecule has 0 bridgehead atoms. The number of hydrogen-bond donors (Lipinski definition) is 1. The second kappa shape index (κ2) is 9.97. The fraction of sp³-hybridized carbons (Fsp3) is 0.400. The molecule has 4 rings (SSSR count). The van der Waals surface area contributed by atoms with Crippen LogP contribution in [0.2, 0.25) is 0 Å². The quantitative estimate of drug-likeness (QED) is 0.699. The van der Waals surface area contributed by atoms with E-state index in [1.807, 2.05) is 18.2 Å². The van der Waals surface area contributed by atoms with Crippen LogP contribution in [-0.4, -0.2) is 55.1 Å². The molecule has 10 heteroatoms. The lowest BCUT2D eigenvalue weighted by atomic mass is 10.0. The summed E-state index contributed by atoms with van der Waals surface area (Å²) in [6.45, 7) is 2.97. The van der Waals surface area contributed by atoms with Crippen molar-refractivity contribution in [3.63, 3.8) is 0 Å². The predicted molar refractivity (Wildman–Crippen MR) is 122 cm³/mol. The first kappa shape index (κ1) is 24.6. The van der Waals surface area contributed by atoms with Crippen LogP contribution in [0.1, 0.15) is 29.2 Å². The molecule has 7 nitrogen and oxygen atoms in total. The van der Waals surface area contributed by atoms with Gasteiger partial charge in [0, 0.05) is 25.7 Å². The monoisotopic (exact) mass is 489 g/mol. The SMILES string of the molecule is CC(=O)NCC1CN(c2ccc3c(c2)CCN(C(=O)Cc2ccc(C(F)(F)F)cc2)CC3)C(=O)O1. The molecule has 1 N–H and O–H groups in total. The van der Waals surface area contributed by atoms with Gasteiger partial charge in [0.15, 0.2) is 0 Å². The summed E-state index contributed by atoms with van der Waals surface area (Å²) in [6.07, 6.45) is -4.03. The van der Waals surface area contributed by atoms with Crippen molar-refractivity contribution in [2.45, 2.75) is 38.5 Å². The van der Waals surface area contributed by atoms with Crippen LogP contribution in [0.15, 0.2) is 42.5 Å². The van der Waals surface area contributed by atoms with Crippen LogP contribution < -0.4 is 10.2 Å². The molecule has 1 unspecified atom stereocenters. The number of carbonyl (C=O) groups excluding carboxylic acids is 3. The van der Waals surface area contributed by atoms with E-state index < -0.39 is 23.9 Å². The fourth-order valence-corrected chi connectivity index (χ4v) is 4.32. The molecule has 1 fully saturated rings. The summed E-state index contributed by atoms with van der Waals surface area (Å²) in [5.41, 5.74) is 2.61. The number of nitrogens with one attached hydrogen (secondary N) is 1. The van der Waals surface area contributed by atoms with Crippen molar-refractivity contribution in [2.75, 3.05) is 31.1 Å². The average Bonchev–Trinajstić information content (AvgIpc) is 3.04. The molecule has 3 amide bonds. The Morgan fingerprint density at radius 3 is 2.40 bits per heavy atom. The maximum atomic E-state index is 12.8. The first-order chi connectivity index (χ1) is 16.6. The highest BCUT2D eigenvalue weighted by Crippen LogP contribution is 2.29. The van der Waals surface area contributed by atoms with Crippen LogP contribution in [-0.2, 0) is 39.8 Å². The van der Waals surface area contributed by atoms with Crippen LogP contribution in [0.5, 0.6) is 0 Å². The molecule has 2 heterocycles. The van der Waals surface area contributed by atoms with Crippen molar-refractivity contribution >= 4 is 23.6 Å². The smallest absolute Gasteiger partial charge is 0.416 e. The van der Waals surface area contributed by atoms with Gasteiger partial charge in [-0.2, -0.15) is 13.2 Å². The van der Waals surface area contributed by atoms with E-state index in [2.05, 4.69) is 5.32 Å². The van der Waals surface area contributed by atoms with Crippen molar-refractivity contribution in [1.82, 2.24) is 10.2 Å². The molecular formula is C25H26F3N3O4. The Kier molecular flexibility index (Phi) is 7.00.